The highest BCUT2D eigenvalue weighted by molar-refractivity contribution is 6.06. The van der Waals surface area contributed by atoms with Crippen LogP contribution in [0, 0.1) is 20.8 Å². The normalized spacial score (nSPS) is 10.4. The minimum Gasteiger partial charge on any atom is -0.346 e. The quantitative estimate of drug-likeness (QED) is 0.715. The first kappa shape index (κ1) is 19.2. The second-order valence-electron chi connectivity index (χ2n) is 6.69. The van der Waals surface area contributed by atoms with Gasteiger partial charge in [-0.25, -0.2) is 0 Å². The fourth-order valence-electron chi connectivity index (χ4n) is 3.03. The number of amides is 2. The maximum Gasteiger partial charge on any atom is 0.257 e. The molecule has 0 atom stereocenters. The molecule has 28 heavy (non-hydrogen) atoms. The molecule has 2 N–H and O–H groups in total. The summed E-state index contributed by atoms with van der Waals surface area (Å²) in [7, 11) is 0. The molecule has 0 aliphatic carbocycles. The monoisotopic (exact) mass is 374 g/mol. The van der Waals surface area contributed by atoms with E-state index in [0.29, 0.717) is 17.7 Å². The molecule has 0 aliphatic heterocycles. The third kappa shape index (κ3) is 4.59. The first-order chi connectivity index (χ1) is 13.4. The van der Waals surface area contributed by atoms with Crippen molar-refractivity contribution >= 4 is 17.5 Å². The van der Waals surface area contributed by atoms with E-state index < -0.39 is 0 Å². The van der Waals surface area contributed by atoms with Gasteiger partial charge in [0.2, 0.25) is 0 Å². The Hall–Kier alpha value is -3.54. The van der Waals surface area contributed by atoms with Crippen molar-refractivity contribution in [2.24, 2.45) is 0 Å². The van der Waals surface area contributed by atoms with Crippen molar-refractivity contribution in [3.8, 4) is 0 Å². The Morgan fingerprint density at radius 3 is 2.25 bits per heavy atom. The number of nitrogens with zero attached hydrogens (tertiary/aromatic N) is 2. The van der Waals surface area contributed by atoms with Crippen LogP contribution in [-0.2, 0) is 6.54 Å². The molecule has 0 saturated carbocycles. The van der Waals surface area contributed by atoms with Crippen LogP contribution < -0.4 is 10.6 Å². The second-order valence-corrected chi connectivity index (χ2v) is 6.69. The molecule has 0 aliphatic rings. The van der Waals surface area contributed by atoms with E-state index in [4.69, 9.17) is 0 Å². The van der Waals surface area contributed by atoms with Crippen LogP contribution in [0.15, 0.2) is 55.0 Å². The summed E-state index contributed by atoms with van der Waals surface area (Å²) in [5, 5.41) is 5.71. The van der Waals surface area contributed by atoms with Crippen LogP contribution in [0.25, 0.3) is 0 Å². The van der Waals surface area contributed by atoms with E-state index in [1.54, 1.807) is 6.20 Å². The zero-order chi connectivity index (χ0) is 20.1. The minimum absolute atomic E-state index is 0.303. The Morgan fingerprint density at radius 1 is 0.929 bits per heavy atom. The average molecular weight is 374 g/mol. The summed E-state index contributed by atoms with van der Waals surface area (Å²) < 4.78 is 0. The number of pyridine rings is 2. The van der Waals surface area contributed by atoms with Crippen molar-refractivity contribution in [1.82, 2.24) is 15.3 Å². The highest BCUT2D eigenvalue weighted by Gasteiger charge is 2.14. The molecule has 0 bridgehead atoms. The van der Waals surface area contributed by atoms with Gasteiger partial charge in [-0.3, -0.25) is 19.6 Å². The number of anilines is 1. The molecule has 2 amide bonds. The van der Waals surface area contributed by atoms with Crippen molar-refractivity contribution in [2.45, 2.75) is 27.3 Å². The van der Waals surface area contributed by atoms with Crippen molar-refractivity contribution < 1.29 is 9.59 Å². The molecule has 2 heterocycles. The van der Waals surface area contributed by atoms with E-state index in [-0.39, 0.29) is 11.8 Å². The molecule has 1 aromatic carbocycles. The van der Waals surface area contributed by atoms with Crippen molar-refractivity contribution in [2.75, 3.05) is 5.32 Å². The minimum atomic E-state index is -0.310. The molecule has 0 unspecified atom stereocenters. The first-order valence-electron chi connectivity index (χ1n) is 8.96. The number of aryl methyl sites for hydroxylation is 3. The van der Waals surface area contributed by atoms with Gasteiger partial charge in [0.25, 0.3) is 11.8 Å². The van der Waals surface area contributed by atoms with Gasteiger partial charge in [-0.05, 0) is 50.1 Å². The van der Waals surface area contributed by atoms with Crippen LogP contribution in [0.2, 0.25) is 0 Å². The van der Waals surface area contributed by atoms with Crippen LogP contribution >= 0.6 is 0 Å². The van der Waals surface area contributed by atoms with E-state index in [9.17, 15) is 9.59 Å². The standard InChI is InChI=1S/C22H22N4O2/c1-14-8-15(2)20(16(3)9-14)26-22(28)18-10-17(11-23-12-18)21(27)25-13-19-6-4-5-7-24-19/h4-12H,13H2,1-3H3,(H,25,27)(H,26,28). The molecule has 6 heteroatoms. The maximum absolute atomic E-state index is 12.7. The van der Waals surface area contributed by atoms with Gasteiger partial charge in [-0.1, -0.05) is 23.8 Å². The summed E-state index contributed by atoms with van der Waals surface area (Å²) in [4.78, 5) is 33.3. The van der Waals surface area contributed by atoms with Crippen LogP contribution in [0.3, 0.4) is 0 Å². The molecule has 0 fully saturated rings. The number of carbonyl (C=O) groups is 2. The van der Waals surface area contributed by atoms with Crippen LogP contribution in [0.1, 0.15) is 43.1 Å². The lowest BCUT2D eigenvalue weighted by molar-refractivity contribution is 0.0950. The number of carbonyl (C=O) groups excluding carboxylic acids is 2. The SMILES string of the molecule is Cc1cc(C)c(NC(=O)c2cncc(C(=O)NCc3ccccn3)c2)c(C)c1. The van der Waals surface area contributed by atoms with E-state index in [2.05, 4.69) is 20.6 Å². The average Bonchev–Trinajstić information content (AvgIpc) is 2.69. The summed E-state index contributed by atoms with van der Waals surface area (Å²) in [6.07, 6.45) is 4.56. The molecule has 2 aromatic heterocycles. The van der Waals surface area contributed by atoms with Crippen LogP contribution in [0.4, 0.5) is 5.69 Å². The smallest absolute Gasteiger partial charge is 0.257 e. The summed E-state index contributed by atoms with van der Waals surface area (Å²) in [5.41, 5.74) is 5.29. The van der Waals surface area contributed by atoms with Crippen molar-refractivity contribution in [3.63, 3.8) is 0 Å². The van der Waals surface area contributed by atoms with E-state index in [1.165, 1.54) is 18.5 Å². The van der Waals surface area contributed by atoms with Gasteiger partial charge in [0.05, 0.1) is 23.4 Å². The zero-order valence-electron chi connectivity index (χ0n) is 16.1. The van der Waals surface area contributed by atoms with E-state index >= 15 is 0 Å². The predicted octanol–water partition coefficient (Wildman–Crippen LogP) is 3.58. The molecule has 142 valence electrons. The molecule has 3 rings (SSSR count). The number of nitrogens with one attached hydrogen (secondary N) is 2. The first-order valence-corrected chi connectivity index (χ1v) is 8.96. The second kappa shape index (κ2) is 8.43. The van der Waals surface area contributed by atoms with Crippen molar-refractivity contribution in [1.29, 1.82) is 0 Å². The molecule has 6 nitrogen and oxygen atoms in total. The molecular weight excluding hydrogens is 352 g/mol. The Labute approximate surface area is 164 Å². The fourth-order valence-corrected chi connectivity index (χ4v) is 3.03. The molecule has 0 radical (unpaired) electrons. The lowest BCUT2D eigenvalue weighted by atomic mass is 10.0. The highest BCUT2D eigenvalue weighted by atomic mass is 16.2. The lowest BCUT2D eigenvalue weighted by Crippen LogP contribution is -2.24. The number of rotatable bonds is 5. The maximum atomic E-state index is 12.7. The van der Waals surface area contributed by atoms with Gasteiger partial charge in [0.1, 0.15) is 0 Å². The van der Waals surface area contributed by atoms with Crippen molar-refractivity contribution in [3.05, 3.63) is 88.5 Å². The molecule has 0 spiro atoms. The largest absolute Gasteiger partial charge is 0.346 e. The van der Waals surface area contributed by atoms with E-state index in [1.807, 2.05) is 51.1 Å². The van der Waals surface area contributed by atoms with Crippen LogP contribution in [0.5, 0.6) is 0 Å². The summed E-state index contributed by atoms with van der Waals surface area (Å²) in [5.74, 6) is -0.613. The van der Waals surface area contributed by atoms with Gasteiger partial charge in [0, 0.05) is 24.3 Å². The number of benzene rings is 1. The summed E-state index contributed by atoms with van der Waals surface area (Å²) >= 11 is 0. The van der Waals surface area contributed by atoms with Gasteiger partial charge < -0.3 is 10.6 Å². The van der Waals surface area contributed by atoms with Gasteiger partial charge >= 0.3 is 0 Å². The number of hydrogen-bond acceptors (Lipinski definition) is 4. The lowest BCUT2D eigenvalue weighted by Gasteiger charge is -2.13. The summed E-state index contributed by atoms with van der Waals surface area (Å²) in [6.45, 7) is 6.23. The Morgan fingerprint density at radius 2 is 1.61 bits per heavy atom. The third-order valence-corrected chi connectivity index (χ3v) is 4.33. The Kier molecular flexibility index (Phi) is 5.79. The van der Waals surface area contributed by atoms with Crippen LogP contribution in [-0.4, -0.2) is 21.8 Å². The van der Waals surface area contributed by atoms with Gasteiger partial charge in [-0.2, -0.15) is 0 Å². The highest BCUT2D eigenvalue weighted by Crippen LogP contribution is 2.22. The molecule has 3 aromatic rings. The van der Waals surface area contributed by atoms with Gasteiger partial charge in [0.15, 0.2) is 0 Å². The van der Waals surface area contributed by atoms with Gasteiger partial charge in [-0.15, -0.1) is 0 Å². The Bertz CT molecular complexity index is 993. The molecular formula is C22H22N4O2. The zero-order valence-corrected chi connectivity index (χ0v) is 16.1. The fraction of sp³-hybridized carbons (Fsp3) is 0.182. The topological polar surface area (TPSA) is 84.0 Å². The predicted molar refractivity (Wildman–Crippen MR) is 108 cm³/mol. The van der Waals surface area contributed by atoms with E-state index in [0.717, 1.165) is 28.1 Å². The number of aromatic nitrogens is 2. The Balaban J connectivity index is 1.72. The number of hydrogen-bond donors (Lipinski definition) is 2. The molecule has 0 saturated heterocycles. The summed E-state index contributed by atoms with van der Waals surface area (Å²) in [6, 6.07) is 11.1. The third-order valence-electron chi connectivity index (χ3n) is 4.33.